The highest BCUT2D eigenvalue weighted by Gasteiger charge is 2.26. The number of ketones is 1. The standard InChI is InChI=1S/C25H22BrN3O3/c1-4-16-10-11-29(14-17(16)5-2)25(31)21-12-19(13-27-21)24(30)22-15(3)32-28-23(22)18-6-8-20(26)9-7-18/h4-9,12-13,27H,1-2,10-11,14H2,3H3. The smallest absolute Gasteiger partial charge is 0.270 e. The Labute approximate surface area is 194 Å². The molecule has 0 unspecified atom stereocenters. The minimum absolute atomic E-state index is 0.165. The Balaban J connectivity index is 1.59. The molecule has 1 aromatic carbocycles. The van der Waals surface area contributed by atoms with E-state index in [4.69, 9.17) is 4.52 Å². The zero-order chi connectivity index (χ0) is 22.8. The van der Waals surface area contributed by atoms with Crippen molar-refractivity contribution in [2.45, 2.75) is 13.3 Å². The van der Waals surface area contributed by atoms with Gasteiger partial charge >= 0.3 is 0 Å². The van der Waals surface area contributed by atoms with Crippen LogP contribution in [-0.4, -0.2) is 39.8 Å². The van der Waals surface area contributed by atoms with Crippen molar-refractivity contribution in [2.24, 2.45) is 0 Å². The van der Waals surface area contributed by atoms with Crippen LogP contribution in [0.2, 0.25) is 0 Å². The van der Waals surface area contributed by atoms with Crippen molar-refractivity contribution >= 4 is 27.6 Å². The summed E-state index contributed by atoms with van der Waals surface area (Å²) in [5.74, 6) is 0.00802. The van der Waals surface area contributed by atoms with E-state index in [1.54, 1.807) is 30.2 Å². The predicted molar refractivity (Wildman–Crippen MR) is 127 cm³/mol. The number of rotatable bonds is 6. The van der Waals surface area contributed by atoms with E-state index in [0.717, 1.165) is 27.6 Å². The van der Waals surface area contributed by atoms with Crippen molar-refractivity contribution in [3.63, 3.8) is 0 Å². The first-order chi connectivity index (χ1) is 15.4. The number of hydrogen-bond acceptors (Lipinski definition) is 4. The molecular formula is C25H22BrN3O3. The number of nitrogens with one attached hydrogen (secondary N) is 1. The van der Waals surface area contributed by atoms with Crippen LogP contribution in [0.4, 0.5) is 0 Å². The summed E-state index contributed by atoms with van der Waals surface area (Å²) in [7, 11) is 0. The number of aromatic amines is 1. The second-order valence-corrected chi connectivity index (χ2v) is 8.45. The van der Waals surface area contributed by atoms with Gasteiger partial charge in [0, 0.05) is 34.9 Å². The fraction of sp³-hybridized carbons (Fsp3) is 0.160. The lowest BCUT2D eigenvalue weighted by Gasteiger charge is -2.28. The fourth-order valence-electron chi connectivity index (χ4n) is 3.81. The molecule has 0 saturated heterocycles. The molecule has 1 aliphatic rings. The number of nitrogens with zero attached hydrogens (tertiary/aromatic N) is 2. The van der Waals surface area contributed by atoms with E-state index >= 15 is 0 Å². The molecular weight excluding hydrogens is 470 g/mol. The minimum Gasteiger partial charge on any atom is -0.360 e. The summed E-state index contributed by atoms with van der Waals surface area (Å²) in [5, 5.41) is 4.09. The Morgan fingerprint density at radius 2 is 1.91 bits per heavy atom. The first-order valence-corrected chi connectivity index (χ1v) is 10.9. The average molecular weight is 492 g/mol. The molecule has 0 aliphatic carbocycles. The summed E-state index contributed by atoms with van der Waals surface area (Å²) in [5.41, 5.74) is 4.46. The van der Waals surface area contributed by atoms with E-state index in [2.05, 4.69) is 39.2 Å². The lowest BCUT2D eigenvalue weighted by atomic mass is 9.99. The summed E-state index contributed by atoms with van der Waals surface area (Å²) in [6, 6.07) is 9.07. The van der Waals surface area contributed by atoms with Gasteiger partial charge in [-0.3, -0.25) is 9.59 Å². The van der Waals surface area contributed by atoms with Gasteiger partial charge in [-0.25, -0.2) is 0 Å². The zero-order valence-electron chi connectivity index (χ0n) is 17.7. The number of aryl methyl sites for hydroxylation is 1. The summed E-state index contributed by atoms with van der Waals surface area (Å²) < 4.78 is 6.25. The molecule has 3 aromatic rings. The first-order valence-electron chi connectivity index (χ1n) is 10.1. The van der Waals surface area contributed by atoms with E-state index in [1.807, 2.05) is 30.3 Å². The number of H-pyrrole nitrogens is 1. The molecule has 0 fully saturated rings. The lowest BCUT2D eigenvalue weighted by Crippen LogP contribution is -2.36. The molecule has 7 heteroatoms. The Morgan fingerprint density at radius 1 is 1.19 bits per heavy atom. The Bertz CT molecular complexity index is 1250. The molecule has 4 rings (SSSR count). The van der Waals surface area contributed by atoms with Gasteiger partial charge in [-0.1, -0.05) is 58.5 Å². The van der Waals surface area contributed by atoms with Gasteiger partial charge in [0.25, 0.3) is 5.91 Å². The number of hydrogen-bond donors (Lipinski definition) is 1. The van der Waals surface area contributed by atoms with Crippen molar-refractivity contribution in [3.8, 4) is 11.3 Å². The maximum atomic E-state index is 13.3. The lowest BCUT2D eigenvalue weighted by molar-refractivity contribution is 0.0760. The highest BCUT2D eigenvalue weighted by molar-refractivity contribution is 9.10. The maximum absolute atomic E-state index is 13.3. The highest BCUT2D eigenvalue weighted by Crippen LogP contribution is 2.29. The summed E-state index contributed by atoms with van der Waals surface area (Å²) in [6.07, 6.45) is 5.85. The van der Waals surface area contributed by atoms with Crippen LogP contribution in [0.15, 0.2) is 82.0 Å². The van der Waals surface area contributed by atoms with Crippen LogP contribution in [0.5, 0.6) is 0 Å². The molecule has 3 heterocycles. The number of carbonyl (C=O) groups is 2. The van der Waals surface area contributed by atoms with Crippen LogP contribution in [0.1, 0.15) is 38.6 Å². The van der Waals surface area contributed by atoms with E-state index in [0.29, 0.717) is 41.4 Å². The SMILES string of the molecule is C=CC1=C(C=C)CN(C(=O)c2cc(C(=O)c3c(-c4ccc(Br)cc4)noc3C)c[nH]2)CC1. The van der Waals surface area contributed by atoms with Gasteiger partial charge in [-0.2, -0.15) is 0 Å². The van der Waals surface area contributed by atoms with Crippen LogP contribution >= 0.6 is 15.9 Å². The topological polar surface area (TPSA) is 79.2 Å². The zero-order valence-corrected chi connectivity index (χ0v) is 19.2. The first kappa shape index (κ1) is 21.8. The van der Waals surface area contributed by atoms with Crippen molar-refractivity contribution in [1.82, 2.24) is 15.0 Å². The monoisotopic (exact) mass is 491 g/mol. The van der Waals surface area contributed by atoms with E-state index in [-0.39, 0.29) is 11.7 Å². The minimum atomic E-state index is -0.253. The number of halogens is 1. The van der Waals surface area contributed by atoms with Gasteiger partial charge in [0.05, 0.1) is 5.56 Å². The van der Waals surface area contributed by atoms with Gasteiger partial charge in [0.2, 0.25) is 0 Å². The molecule has 0 spiro atoms. The second kappa shape index (κ2) is 8.96. The molecule has 0 saturated carbocycles. The molecule has 1 N–H and O–H groups in total. The van der Waals surface area contributed by atoms with E-state index in [9.17, 15) is 9.59 Å². The molecule has 0 bridgehead atoms. The number of allylic oxidation sites excluding steroid dienone is 1. The van der Waals surface area contributed by atoms with Gasteiger partial charge in [0.15, 0.2) is 5.78 Å². The van der Waals surface area contributed by atoms with Crippen LogP contribution in [-0.2, 0) is 0 Å². The van der Waals surface area contributed by atoms with Gasteiger partial charge in [-0.05, 0) is 42.7 Å². The molecule has 6 nitrogen and oxygen atoms in total. The summed E-state index contributed by atoms with van der Waals surface area (Å²) in [6.45, 7) is 10.4. The molecule has 0 radical (unpaired) electrons. The largest absolute Gasteiger partial charge is 0.360 e. The molecule has 0 atom stereocenters. The van der Waals surface area contributed by atoms with Crippen LogP contribution < -0.4 is 0 Å². The number of amides is 1. The summed E-state index contributed by atoms with van der Waals surface area (Å²) >= 11 is 3.41. The highest BCUT2D eigenvalue weighted by atomic mass is 79.9. The van der Waals surface area contributed by atoms with Gasteiger partial charge < -0.3 is 14.4 Å². The second-order valence-electron chi connectivity index (χ2n) is 7.54. The normalized spacial score (nSPS) is 13.9. The fourth-order valence-corrected chi connectivity index (χ4v) is 4.08. The summed E-state index contributed by atoms with van der Waals surface area (Å²) in [4.78, 5) is 31.0. The van der Waals surface area contributed by atoms with Crippen LogP contribution in [0, 0.1) is 6.92 Å². The molecule has 1 amide bonds. The molecule has 162 valence electrons. The maximum Gasteiger partial charge on any atom is 0.270 e. The number of carbonyl (C=O) groups excluding carboxylic acids is 2. The van der Waals surface area contributed by atoms with Gasteiger partial charge in [0.1, 0.15) is 17.1 Å². The third-order valence-corrected chi connectivity index (χ3v) is 6.12. The Kier molecular flexibility index (Phi) is 6.10. The third kappa shape index (κ3) is 4.03. The third-order valence-electron chi connectivity index (χ3n) is 5.59. The van der Waals surface area contributed by atoms with Crippen molar-refractivity contribution in [2.75, 3.05) is 13.1 Å². The quantitative estimate of drug-likeness (QED) is 0.462. The van der Waals surface area contributed by atoms with Crippen molar-refractivity contribution in [3.05, 3.63) is 100 Å². The molecule has 1 aliphatic heterocycles. The Morgan fingerprint density at radius 3 is 2.59 bits per heavy atom. The van der Waals surface area contributed by atoms with E-state index < -0.39 is 0 Å². The molecule has 32 heavy (non-hydrogen) atoms. The number of benzene rings is 1. The van der Waals surface area contributed by atoms with Crippen molar-refractivity contribution < 1.29 is 14.1 Å². The van der Waals surface area contributed by atoms with Crippen LogP contribution in [0.25, 0.3) is 11.3 Å². The van der Waals surface area contributed by atoms with Gasteiger partial charge in [-0.15, -0.1) is 0 Å². The Hall–Kier alpha value is -3.45. The average Bonchev–Trinajstić information content (AvgIpc) is 3.45. The van der Waals surface area contributed by atoms with Crippen molar-refractivity contribution in [1.29, 1.82) is 0 Å². The van der Waals surface area contributed by atoms with E-state index in [1.165, 1.54) is 0 Å². The predicted octanol–water partition coefficient (Wildman–Crippen LogP) is 5.49. The number of aromatic nitrogens is 2. The molecule has 2 aromatic heterocycles. The van der Waals surface area contributed by atoms with Crippen LogP contribution in [0.3, 0.4) is 0 Å².